The summed E-state index contributed by atoms with van der Waals surface area (Å²) in [4.78, 5) is 4.56. The van der Waals surface area contributed by atoms with Gasteiger partial charge < -0.3 is 5.11 Å². The van der Waals surface area contributed by atoms with Crippen molar-refractivity contribution in [2.45, 2.75) is 58.0 Å². The van der Waals surface area contributed by atoms with Crippen molar-refractivity contribution in [2.24, 2.45) is 11.3 Å². The van der Waals surface area contributed by atoms with Crippen molar-refractivity contribution in [1.29, 1.82) is 0 Å². The predicted molar refractivity (Wildman–Crippen MR) is 72.4 cm³/mol. The zero-order valence-corrected chi connectivity index (χ0v) is 11.4. The van der Waals surface area contributed by atoms with E-state index >= 15 is 0 Å². The molecule has 2 fully saturated rings. The van der Waals surface area contributed by atoms with E-state index in [1.165, 1.54) is 24.1 Å². The normalized spacial score (nSPS) is 34.4. The van der Waals surface area contributed by atoms with E-state index in [1.54, 1.807) is 0 Å². The molecule has 2 saturated carbocycles. The molecule has 0 spiro atoms. The molecule has 2 heteroatoms. The number of fused-ring (bicyclic) bond motifs is 1. The number of nitrogens with zero attached hydrogens (tertiary/aromatic N) is 1. The third-order valence-corrected chi connectivity index (χ3v) is 5.05. The summed E-state index contributed by atoms with van der Waals surface area (Å²) in [6, 6.07) is 4.40. The van der Waals surface area contributed by atoms with Crippen molar-refractivity contribution in [2.75, 3.05) is 0 Å². The number of aromatic nitrogens is 1. The molecular weight excluding hydrogens is 222 g/mol. The average Bonchev–Trinajstić information content (AvgIpc) is 2.54. The SMILES string of the molecule is CC(C)c1ccc(CC23CCC2C[C@H](O)C3)cn1. The highest BCUT2D eigenvalue weighted by molar-refractivity contribution is 5.20. The van der Waals surface area contributed by atoms with Gasteiger partial charge in [-0.2, -0.15) is 0 Å². The number of pyridine rings is 1. The Morgan fingerprint density at radius 3 is 2.78 bits per heavy atom. The molecule has 1 heterocycles. The minimum atomic E-state index is -0.0552. The molecule has 2 unspecified atom stereocenters. The maximum atomic E-state index is 9.85. The van der Waals surface area contributed by atoms with Crippen molar-refractivity contribution in [1.82, 2.24) is 4.98 Å². The van der Waals surface area contributed by atoms with E-state index in [0.717, 1.165) is 25.2 Å². The molecule has 0 saturated heterocycles. The van der Waals surface area contributed by atoms with E-state index in [0.29, 0.717) is 11.3 Å². The molecule has 0 bridgehead atoms. The first kappa shape index (κ1) is 12.2. The van der Waals surface area contributed by atoms with Crippen LogP contribution < -0.4 is 0 Å². The lowest BCUT2D eigenvalue weighted by Gasteiger charge is -2.45. The minimum Gasteiger partial charge on any atom is -0.393 e. The Bertz CT molecular complexity index is 425. The van der Waals surface area contributed by atoms with Gasteiger partial charge in [0.25, 0.3) is 0 Å². The standard InChI is InChI=1S/C16H23NO/c1-11(2)15-4-3-12(10-17-15)8-16-6-5-13(16)7-14(18)9-16/h3-4,10-11,13-14,18H,5-9H2,1-2H3/t13?,14-,16?/m0/s1. The van der Waals surface area contributed by atoms with Gasteiger partial charge >= 0.3 is 0 Å². The quantitative estimate of drug-likeness (QED) is 0.886. The first-order valence-electron chi connectivity index (χ1n) is 7.22. The summed E-state index contributed by atoms with van der Waals surface area (Å²) >= 11 is 0. The topological polar surface area (TPSA) is 33.1 Å². The summed E-state index contributed by atoms with van der Waals surface area (Å²) < 4.78 is 0. The van der Waals surface area contributed by atoms with Gasteiger partial charge in [-0.15, -0.1) is 0 Å². The molecule has 3 rings (SSSR count). The van der Waals surface area contributed by atoms with E-state index in [-0.39, 0.29) is 6.10 Å². The van der Waals surface area contributed by atoms with E-state index in [1.807, 2.05) is 6.20 Å². The van der Waals surface area contributed by atoms with E-state index in [2.05, 4.69) is 31.0 Å². The highest BCUT2D eigenvalue weighted by Gasteiger charge is 2.52. The molecule has 2 nitrogen and oxygen atoms in total. The van der Waals surface area contributed by atoms with Crippen LogP contribution in [0.1, 0.15) is 56.7 Å². The van der Waals surface area contributed by atoms with Gasteiger partial charge in [0.05, 0.1) is 6.10 Å². The molecule has 2 aliphatic carbocycles. The number of hydrogen-bond acceptors (Lipinski definition) is 2. The number of aliphatic hydroxyl groups is 1. The molecule has 0 amide bonds. The Kier molecular flexibility index (Phi) is 2.93. The molecule has 1 aromatic heterocycles. The second-order valence-electron chi connectivity index (χ2n) is 6.61. The third kappa shape index (κ3) is 1.97. The summed E-state index contributed by atoms with van der Waals surface area (Å²) in [5.74, 6) is 1.26. The Morgan fingerprint density at radius 2 is 2.28 bits per heavy atom. The van der Waals surface area contributed by atoms with Gasteiger partial charge in [0.15, 0.2) is 0 Å². The molecule has 1 aromatic rings. The number of hydrogen-bond donors (Lipinski definition) is 1. The summed E-state index contributed by atoms with van der Waals surface area (Å²) in [6.07, 6.45) is 7.74. The smallest absolute Gasteiger partial charge is 0.0548 e. The lowest BCUT2D eigenvalue weighted by atomic mass is 9.59. The third-order valence-electron chi connectivity index (χ3n) is 5.05. The van der Waals surface area contributed by atoms with E-state index < -0.39 is 0 Å². The van der Waals surface area contributed by atoms with Gasteiger partial charge in [0.1, 0.15) is 0 Å². The molecule has 0 aliphatic heterocycles. The van der Waals surface area contributed by atoms with Crippen LogP contribution in [0.25, 0.3) is 0 Å². The van der Waals surface area contributed by atoms with E-state index in [4.69, 9.17) is 0 Å². The van der Waals surface area contributed by atoms with Gasteiger partial charge in [-0.25, -0.2) is 0 Å². The second kappa shape index (κ2) is 4.34. The van der Waals surface area contributed by atoms with Crippen LogP contribution in [0.15, 0.2) is 18.3 Å². The van der Waals surface area contributed by atoms with Crippen LogP contribution in [0.3, 0.4) is 0 Å². The van der Waals surface area contributed by atoms with Gasteiger partial charge in [0, 0.05) is 11.9 Å². The van der Waals surface area contributed by atoms with Crippen molar-refractivity contribution in [3.05, 3.63) is 29.6 Å². The second-order valence-corrected chi connectivity index (χ2v) is 6.61. The lowest BCUT2D eigenvalue weighted by molar-refractivity contribution is 0.0618. The van der Waals surface area contributed by atoms with Crippen molar-refractivity contribution >= 4 is 0 Å². The van der Waals surface area contributed by atoms with Crippen LogP contribution in [0.2, 0.25) is 0 Å². The van der Waals surface area contributed by atoms with Crippen LogP contribution in [0.5, 0.6) is 0 Å². The van der Waals surface area contributed by atoms with Crippen molar-refractivity contribution in [3.8, 4) is 0 Å². The highest BCUT2D eigenvalue weighted by Crippen LogP contribution is 2.59. The molecule has 2 aliphatic rings. The van der Waals surface area contributed by atoms with Gasteiger partial charge in [-0.3, -0.25) is 4.98 Å². The van der Waals surface area contributed by atoms with Crippen LogP contribution >= 0.6 is 0 Å². The molecule has 0 radical (unpaired) electrons. The van der Waals surface area contributed by atoms with Crippen molar-refractivity contribution < 1.29 is 5.11 Å². The first-order chi connectivity index (χ1) is 8.59. The molecule has 18 heavy (non-hydrogen) atoms. The first-order valence-corrected chi connectivity index (χ1v) is 7.22. The predicted octanol–water partition coefficient (Wildman–Crippen LogP) is 3.30. The Balaban J connectivity index is 1.73. The fraction of sp³-hybridized carbons (Fsp3) is 0.688. The van der Waals surface area contributed by atoms with Gasteiger partial charge in [-0.1, -0.05) is 19.9 Å². The number of aliphatic hydroxyl groups excluding tert-OH is 1. The maximum absolute atomic E-state index is 9.85. The molecule has 1 N–H and O–H groups in total. The minimum absolute atomic E-state index is 0.0552. The Hall–Kier alpha value is -0.890. The summed E-state index contributed by atoms with van der Waals surface area (Å²) in [6.45, 7) is 4.35. The zero-order chi connectivity index (χ0) is 12.8. The maximum Gasteiger partial charge on any atom is 0.0548 e. The monoisotopic (exact) mass is 245 g/mol. The highest BCUT2D eigenvalue weighted by atomic mass is 16.3. The van der Waals surface area contributed by atoms with Gasteiger partial charge in [0.2, 0.25) is 0 Å². The average molecular weight is 245 g/mol. The van der Waals surface area contributed by atoms with Gasteiger partial charge in [-0.05, 0) is 61.0 Å². The summed E-state index contributed by atoms with van der Waals surface area (Å²) in [5, 5.41) is 9.85. The molecule has 0 aromatic carbocycles. The van der Waals surface area contributed by atoms with Crippen LogP contribution in [-0.4, -0.2) is 16.2 Å². The lowest BCUT2D eigenvalue weighted by Crippen LogP contribution is -2.37. The van der Waals surface area contributed by atoms with Crippen LogP contribution in [0, 0.1) is 11.3 Å². The number of rotatable bonds is 3. The summed E-state index contributed by atoms with van der Waals surface area (Å²) in [7, 11) is 0. The fourth-order valence-electron chi connectivity index (χ4n) is 3.87. The largest absolute Gasteiger partial charge is 0.393 e. The van der Waals surface area contributed by atoms with E-state index in [9.17, 15) is 5.11 Å². The zero-order valence-electron chi connectivity index (χ0n) is 11.4. The summed E-state index contributed by atoms with van der Waals surface area (Å²) in [5.41, 5.74) is 2.92. The Labute approximate surface area is 109 Å². The van der Waals surface area contributed by atoms with Crippen molar-refractivity contribution in [3.63, 3.8) is 0 Å². The molecular formula is C16H23NO. The molecule has 3 atom stereocenters. The Morgan fingerprint density at radius 1 is 1.44 bits per heavy atom. The molecule has 98 valence electrons. The fourth-order valence-corrected chi connectivity index (χ4v) is 3.87. The van der Waals surface area contributed by atoms with Crippen LogP contribution in [-0.2, 0) is 6.42 Å². The van der Waals surface area contributed by atoms with Crippen LogP contribution in [0.4, 0.5) is 0 Å².